The molecule has 4 heteroatoms. The van der Waals surface area contributed by atoms with E-state index in [0.717, 1.165) is 19.5 Å². The lowest BCUT2D eigenvalue weighted by Crippen LogP contribution is -2.38. The first-order chi connectivity index (χ1) is 6.68. The molecular weight excluding hydrogens is 178 g/mol. The van der Waals surface area contributed by atoms with Gasteiger partial charge in [0.15, 0.2) is 0 Å². The SMILES string of the molecule is CC(CC1CCCCNC1)NC(N)=O. The zero-order chi connectivity index (χ0) is 10.4. The Morgan fingerprint density at radius 3 is 3.14 bits per heavy atom. The number of carbonyl (C=O) groups excluding carboxylic acids is 1. The van der Waals surface area contributed by atoms with Crippen LogP contribution in [0, 0.1) is 5.92 Å². The fourth-order valence-corrected chi connectivity index (χ4v) is 2.09. The number of hydrogen-bond donors (Lipinski definition) is 3. The summed E-state index contributed by atoms with van der Waals surface area (Å²) in [6.45, 7) is 4.22. The quantitative estimate of drug-likeness (QED) is 0.630. The van der Waals surface area contributed by atoms with Gasteiger partial charge in [0.25, 0.3) is 0 Å². The van der Waals surface area contributed by atoms with Crippen LogP contribution in [0.1, 0.15) is 32.6 Å². The summed E-state index contributed by atoms with van der Waals surface area (Å²) in [6.07, 6.45) is 4.85. The van der Waals surface area contributed by atoms with Gasteiger partial charge in [0.1, 0.15) is 0 Å². The van der Waals surface area contributed by atoms with Gasteiger partial charge in [-0.05, 0) is 45.2 Å². The summed E-state index contributed by atoms with van der Waals surface area (Å²) in [5.74, 6) is 0.680. The molecule has 0 bridgehead atoms. The van der Waals surface area contributed by atoms with Gasteiger partial charge in [-0.15, -0.1) is 0 Å². The van der Waals surface area contributed by atoms with Crippen molar-refractivity contribution in [1.82, 2.24) is 10.6 Å². The first-order valence-electron chi connectivity index (χ1n) is 5.45. The predicted octanol–water partition coefficient (Wildman–Crippen LogP) is 0.823. The van der Waals surface area contributed by atoms with Gasteiger partial charge in [-0.25, -0.2) is 4.79 Å². The van der Waals surface area contributed by atoms with E-state index in [0.29, 0.717) is 5.92 Å². The molecular formula is C10H21N3O. The molecule has 0 spiro atoms. The minimum Gasteiger partial charge on any atom is -0.352 e. The van der Waals surface area contributed by atoms with Crippen molar-refractivity contribution in [3.05, 3.63) is 0 Å². The third kappa shape index (κ3) is 4.46. The number of nitrogens with one attached hydrogen (secondary N) is 2. The van der Waals surface area contributed by atoms with E-state index in [1.54, 1.807) is 0 Å². The Hall–Kier alpha value is -0.770. The number of carbonyl (C=O) groups is 1. The Labute approximate surface area is 85.6 Å². The maximum atomic E-state index is 10.6. The number of primary amides is 1. The second-order valence-corrected chi connectivity index (χ2v) is 4.21. The highest BCUT2D eigenvalue weighted by Crippen LogP contribution is 2.16. The van der Waals surface area contributed by atoms with Gasteiger partial charge < -0.3 is 16.4 Å². The molecule has 0 aromatic rings. The van der Waals surface area contributed by atoms with Gasteiger partial charge in [0.2, 0.25) is 0 Å². The highest BCUT2D eigenvalue weighted by atomic mass is 16.2. The Morgan fingerprint density at radius 2 is 2.43 bits per heavy atom. The minimum atomic E-state index is -0.418. The number of hydrogen-bond acceptors (Lipinski definition) is 2. The lowest BCUT2D eigenvalue weighted by molar-refractivity contribution is 0.243. The van der Waals surface area contributed by atoms with E-state index >= 15 is 0 Å². The van der Waals surface area contributed by atoms with Gasteiger partial charge in [0.05, 0.1) is 0 Å². The van der Waals surface area contributed by atoms with Gasteiger partial charge in [0, 0.05) is 6.04 Å². The van der Waals surface area contributed by atoms with Crippen molar-refractivity contribution in [2.75, 3.05) is 13.1 Å². The van der Waals surface area contributed by atoms with Crippen LogP contribution in [0.3, 0.4) is 0 Å². The number of rotatable bonds is 3. The second-order valence-electron chi connectivity index (χ2n) is 4.21. The molecule has 14 heavy (non-hydrogen) atoms. The van der Waals surface area contributed by atoms with E-state index in [4.69, 9.17) is 5.73 Å². The van der Waals surface area contributed by atoms with Crippen molar-refractivity contribution in [2.24, 2.45) is 11.7 Å². The molecule has 2 amide bonds. The zero-order valence-corrected chi connectivity index (χ0v) is 8.88. The van der Waals surface area contributed by atoms with Crippen molar-refractivity contribution in [1.29, 1.82) is 0 Å². The lowest BCUT2D eigenvalue weighted by atomic mass is 9.96. The van der Waals surface area contributed by atoms with Crippen LogP contribution < -0.4 is 16.4 Å². The van der Waals surface area contributed by atoms with Crippen LogP contribution in [-0.2, 0) is 0 Å². The molecule has 0 aromatic heterocycles. The van der Waals surface area contributed by atoms with E-state index in [1.807, 2.05) is 6.92 Å². The molecule has 4 nitrogen and oxygen atoms in total. The number of amides is 2. The predicted molar refractivity (Wildman–Crippen MR) is 57.0 cm³/mol. The molecule has 1 heterocycles. The fraction of sp³-hybridized carbons (Fsp3) is 0.900. The summed E-state index contributed by atoms with van der Waals surface area (Å²) in [5, 5.41) is 6.13. The van der Waals surface area contributed by atoms with Crippen LogP contribution in [0.4, 0.5) is 4.79 Å². The third-order valence-corrected chi connectivity index (χ3v) is 2.72. The van der Waals surface area contributed by atoms with Crippen LogP contribution >= 0.6 is 0 Å². The molecule has 82 valence electrons. The van der Waals surface area contributed by atoms with E-state index in [-0.39, 0.29) is 6.04 Å². The molecule has 1 aliphatic rings. The summed E-state index contributed by atoms with van der Waals surface area (Å²) in [5.41, 5.74) is 5.06. The Kier molecular flexibility index (Phi) is 4.73. The van der Waals surface area contributed by atoms with Crippen LogP contribution in [-0.4, -0.2) is 25.2 Å². The number of urea groups is 1. The summed E-state index contributed by atoms with van der Waals surface area (Å²) in [4.78, 5) is 10.6. The molecule has 1 aliphatic heterocycles. The number of nitrogens with two attached hydrogens (primary N) is 1. The summed E-state index contributed by atoms with van der Waals surface area (Å²) in [7, 11) is 0. The minimum absolute atomic E-state index is 0.192. The highest BCUT2D eigenvalue weighted by molar-refractivity contribution is 5.71. The summed E-state index contributed by atoms with van der Waals surface area (Å²) >= 11 is 0. The molecule has 0 aromatic carbocycles. The molecule has 4 N–H and O–H groups in total. The summed E-state index contributed by atoms with van der Waals surface area (Å²) in [6, 6.07) is -0.225. The maximum Gasteiger partial charge on any atom is 0.312 e. The van der Waals surface area contributed by atoms with E-state index in [1.165, 1.54) is 19.3 Å². The van der Waals surface area contributed by atoms with Crippen molar-refractivity contribution in [3.63, 3.8) is 0 Å². The van der Waals surface area contributed by atoms with Crippen LogP contribution in [0.2, 0.25) is 0 Å². The van der Waals surface area contributed by atoms with Crippen LogP contribution in [0.15, 0.2) is 0 Å². The van der Waals surface area contributed by atoms with Crippen LogP contribution in [0.25, 0.3) is 0 Å². The molecule has 0 aliphatic carbocycles. The lowest BCUT2D eigenvalue weighted by Gasteiger charge is -2.19. The molecule has 0 radical (unpaired) electrons. The van der Waals surface area contributed by atoms with Gasteiger partial charge in [-0.2, -0.15) is 0 Å². The smallest absolute Gasteiger partial charge is 0.312 e. The molecule has 2 unspecified atom stereocenters. The maximum absolute atomic E-state index is 10.6. The zero-order valence-electron chi connectivity index (χ0n) is 8.88. The first kappa shape index (κ1) is 11.3. The van der Waals surface area contributed by atoms with Crippen molar-refractivity contribution in [3.8, 4) is 0 Å². The standard InChI is InChI=1S/C10H21N3O/c1-8(13-10(11)14)6-9-4-2-3-5-12-7-9/h8-9,12H,2-7H2,1H3,(H3,11,13,14). The second kappa shape index (κ2) is 5.86. The normalized spacial score (nSPS) is 25.1. The van der Waals surface area contributed by atoms with Gasteiger partial charge in [-0.1, -0.05) is 6.42 Å². The highest BCUT2D eigenvalue weighted by Gasteiger charge is 2.15. The van der Waals surface area contributed by atoms with E-state index in [9.17, 15) is 4.79 Å². The van der Waals surface area contributed by atoms with E-state index < -0.39 is 6.03 Å². The van der Waals surface area contributed by atoms with Crippen molar-refractivity contribution >= 4 is 6.03 Å². The van der Waals surface area contributed by atoms with Crippen LogP contribution in [0.5, 0.6) is 0 Å². The van der Waals surface area contributed by atoms with Crippen molar-refractivity contribution in [2.45, 2.75) is 38.6 Å². The Balaban J connectivity index is 2.23. The average molecular weight is 199 g/mol. The molecule has 0 saturated carbocycles. The molecule has 2 atom stereocenters. The summed E-state index contributed by atoms with van der Waals surface area (Å²) < 4.78 is 0. The molecule has 1 saturated heterocycles. The fourth-order valence-electron chi connectivity index (χ4n) is 2.09. The topological polar surface area (TPSA) is 67.2 Å². The Morgan fingerprint density at radius 1 is 1.64 bits per heavy atom. The average Bonchev–Trinajstić information content (AvgIpc) is 2.31. The van der Waals surface area contributed by atoms with E-state index in [2.05, 4.69) is 10.6 Å². The molecule has 1 fully saturated rings. The van der Waals surface area contributed by atoms with Crippen molar-refractivity contribution < 1.29 is 4.79 Å². The Bertz CT molecular complexity index is 176. The monoisotopic (exact) mass is 199 g/mol. The molecule has 1 rings (SSSR count). The third-order valence-electron chi connectivity index (χ3n) is 2.72. The largest absolute Gasteiger partial charge is 0.352 e. The van der Waals surface area contributed by atoms with Gasteiger partial charge in [-0.3, -0.25) is 0 Å². The first-order valence-corrected chi connectivity index (χ1v) is 5.45. The van der Waals surface area contributed by atoms with Gasteiger partial charge >= 0.3 is 6.03 Å².